The van der Waals surface area contributed by atoms with Crippen LogP contribution in [0.5, 0.6) is 0 Å². The average Bonchev–Trinajstić information content (AvgIpc) is 2.56. The van der Waals surface area contributed by atoms with Gasteiger partial charge in [-0.3, -0.25) is 9.36 Å². The molecule has 1 aromatic heterocycles. The van der Waals surface area contributed by atoms with E-state index in [0.717, 1.165) is 22.9 Å². The third-order valence-electron chi connectivity index (χ3n) is 3.27. The van der Waals surface area contributed by atoms with Crippen molar-refractivity contribution >= 4 is 5.97 Å². The Labute approximate surface area is 136 Å². The fourth-order valence-electron chi connectivity index (χ4n) is 2.12. The molecule has 0 saturated carbocycles. The summed E-state index contributed by atoms with van der Waals surface area (Å²) in [5.74, 6) is -1.34. The number of rotatable bonds is 6. The van der Waals surface area contributed by atoms with E-state index >= 15 is 0 Å². The van der Waals surface area contributed by atoms with Crippen molar-refractivity contribution in [3.63, 3.8) is 0 Å². The average molecular weight is 336 g/mol. The van der Waals surface area contributed by atoms with Crippen molar-refractivity contribution in [2.75, 3.05) is 20.3 Å². The molecule has 2 rings (SSSR count). The van der Waals surface area contributed by atoms with E-state index in [2.05, 4.69) is 0 Å². The Balaban J connectivity index is 2.69. The van der Waals surface area contributed by atoms with E-state index in [0.29, 0.717) is 0 Å². The molecule has 0 aliphatic carbocycles. The molecule has 0 spiro atoms. The standard InChI is InChI=1S/C16H17FN2O5/c1-3-24-15(21)13-10-18(8-9-23-2)16(22)19(14(13)20)12-6-4-11(17)5-7-12/h4-7,10H,3,8-9H2,1-2H3. The van der Waals surface area contributed by atoms with Gasteiger partial charge in [0.2, 0.25) is 0 Å². The lowest BCUT2D eigenvalue weighted by molar-refractivity contribution is 0.0522. The predicted molar refractivity (Wildman–Crippen MR) is 84.1 cm³/mol. The van der Waals surface area contributed by atoms with E-state index in [1.165, 1.54) is 23.8 Å². The van der Waals surface area contributed by atoms with Crippen LogP contribution in [-0.4, -0.2) is 35.4 Å². The number of hydrogen-bond donors (Lipinski definition) is 0. The van der Waals surface area contributed by atoms with Crippen molar-refractivity contribution < 1.29 is 18.7 Å². The third kappa shape index (κ3) is 3.60. The number of carbonyl (C=O) groups excluding carboxylic acids is 1. The second-order valence-corrected chi connectivity index (χ2v) is 4.85. The molecule has 0 saturated heterocycles. The summed E-state index contributed by atoms with van der Waals surface area (Å²) in [7, 11) is 1.47. The maximum atomic E-state index is 13.1. The molecular weight excluding hydrogens is 319 g/mol. The molecule has 1 heterocycles. The highest BCUT2D eigenvalue weighted by atomic mass is 19.1. The van der Waals surface area contributed by atoms with Gasteiger partial charge in [0, 0.05) is 13.3 Å². The van der Waals surface area contributed by atoms with Crippen LogP contribution in [0.1, 0.15) is 17.3 Å². The number of esters is 1. The molecule has 1 aromatic carbocycles. The Morgan fingerprint density at radius 3 is 2.46 bits per heavy atom. The lowest BCUT2D eigenvalue weighted by Gasteiger charge is -2.12. The molecule has 0 aliphatic rings. The van der Waals surface area contributed by atoms with Gasteiger partial charge in [0.25, 0.3) is 5.56 Å². The van der Waals surface area contributed by atoms with Crippen LogP contribution >= 0.6 is 0 Å². The lowest BCUT2D eigenvalue weighted by atomic mass is 10.2. The molecule has 8 heteroatoms. The van der Waals surface area contributed by atoms with Gasteiger partial charge in [0.1, 0.15) is 11.4 Å². The van der Waals surface area contributed by atoms with Crippen LogP contribution in [-0.2, 0) is 16.0 Å². The second-order valence-electron chi connectivity index (χ2n) is 4.85. The summed E-state index contributed by atoms with van der Waals surface area (Å²) in [5.41, 5.74) is -1.60. The summed E-state index contributed by atoms with van der Waals surface area (Å²) in [6.45, 7) is 2.05. The Bertz CT molecular complexity index is 839. The highest BCUT2D eigenvalue weighted by Gasteiger charge is 2.19. The van der Waals surface area contributed by atoms with Crippen LogP contribution in [0.15, 0.2) is 40.1 Å². The molecule has 0 fully saturated rings. The first kappa shape index (κ1) is 17.6. The summed E-state index contributed by atoms with van der Waals surface area (Å²) >= 11 is 0. The molecular formula is C16H17FN2O5. The molecule has 128 valence electrons. The first-order chi connectivity index (χ1) is 11.5. The fourth-order valence-corrected chi connectivity index (χ4v) is 2.12. The Hall–Kier alpha value is -2.74. The zero-order valence-corrected chi connectivity index (χ0v) is 13.3. The van der Waals surface area contributed by atoms with Gasteiger partial charge < -0.3 is 9.47 Å². The lowest BCUT2D eigenvalue weighted by Crippen LogP contribution is -2.42. The molecule has 0 amide bonds. The maximum absolute atomic E-state index is 13.1. The summed E-state index contributed by atoms with van der Waals surface area (Å²) in [6.07, 6.45) is 1.15. The fraction of sp³-hybridized carbons (Fsp3) is 0.312. The van der Waals surface area contributed by atoms with Crippen LogP contribution in [0.25, 0.3) is 5.69 Å². The van der Waals surface area contributed by atoms with Crippen molar-refractivity contribution in [1.82, 2.24) is 9.13 Å². The second kappa shape index (κ2) is 7.69. The molecule has 2 aromatic rings. The Kier molecular flexibility index (Phi) is 5.64. The highest BCUT2D eigenvalue weighted by Crippen LogP contribution is 2.06. The molecule has 7 nitrogen and oxygen atoms in total. The minimum absolute atomic E-state index is 0.0893. The first-order valence-corrected chi connectivity index (χ1v) is 7.28. The summed E-state index contributed by atoms with van der Waals surface area (Å²) in [5, 5.41) is 0. The number of nitrogens with zero attached hydrogens (tertiary/aromatic N) is 2. The SMILES string of the molecule is CCOC(=O)c1cn(CCOC)c(=O)n(-c2ccc(F)cc2)c1=O. The van der Waals surface area contributed by atoms with Gasteiger partial charge in [-0.05, 0) is 31.2 Å². The molecule has 0 aliphatic heterocycles. The predicted octanol–water partition coefficient (Wildman–Crippen LogP) is 0.961. The van der Waals surface area contributed by atoms with Crippen LogP contribution in [0.3, 0.4) is 0 Å². The highest BCUT2D eigenvalue weighted by molar-refractivity contribution is 5.88. The number of carbonyl (C=O) groups is 1. The van der Waals surface area contributed by atoms with E-state index in [9.17, 15) is 18.8 Å². The van der Waals surface area contributed by atoms with E-state index in [4.69, 9.17) is 9.47 Å². The van der Waals surface area contributed by atoms with Crippen LogP contribution < -0.4 is 11.2 Å². The number of hydrogen-bond acceptors (Lipinski definition) is 5. The summed E-state index contributed by atoms with van der Waals surface area (Å²) < 4.78 is 24.9. The Morgan fingerprint density at radius 2 is 1.88 bits per heavy atom. The molecule has 0 N–H and O–H groups in total. The minimum Gasteiger partial charge on any atom is -0.462 e. The van der Waals surface area contributed by atoms with Crippen molar-refractivity contribution in [2.45, 2.75) is 13.5 Å². The van der Waals surface area contributed by atoms with Crippen LogP contribution in [0.2, 0.25) is 0 Å². The van der Waals surface area contributed by atoms with Crippen molar-refractivity contribution in [2.24, 2.45) is 0 Å². The number of benzene rings is 1. The van der Waals surface area contributed by atoms with Gasteiger partial charge in [-0.1, -0.05) is 0 Å². The topological polar surface area (TPSA) is 79.5 Å². The van der Waals surface area contributed by atoms with E-state index in [1.807, 2.05) is 0 Å². The van der Waals surface area contributed by atoms with Crippen LogP contribution in [0, 0.1) is 5.82 Å². The largest absolute Gasteiger partial charge is 0.462 e. The zero-order chi connectivity index (χ0) is 17.7. The van der Waals surface area contributed by atoms with Gasteiger partial charge in [0.15, 0.2) is 0 Å². The molecule has 0 bridgehead atoms. The monoisotopic (exact) mass is 336 g/mol. The van der Waals surface area contributed by atoms with E-state index < -0.39 is 23.0 Å². The minimum atomic E-state index is -0.829. The van der Waals surface area contributed by atoms with Crippen molar-refractivity contribution in [3.05, 3.63) is 62.7 Å². The normalized spacial score (nSPS) is 10.6. The number of ether oxygens (including phenoxy) is 2. The maximum Gasteiger partial charge on any atom is 0.345 e. The molecule has 24 heavy (non-hydrogen) atoms. The number of methoxy groups -OCH3 is 1. The van der Waals surface area contributed by atoms with Gasteiger partial charge >= 0.3 is 11.7 Å². The van der Waals surface area contributed by atoms with Crippen molar-refractivity contribution in [1.29, 1.82) is 0 Å². The van der Waals surface area contributed by atoms with Gasteiger partial charge in [0.05, 0.1) is 25.4 Å². The number of aromatic nitrogens is 2. The van der Waals surface area contributed by atoms with Crippen molar-refractivity contribution in [3.8, 4) is 5.69 Å². The summed E-state index contributed by atoms with van der Waals surface area (Å²) in [6, 6.07) is 4.82. The molecule has 0 atom stereocenters. The zero-order valence-electron chi connectivity index (χ0n) is 13.3. The quantitative estimate of drug-likeness (QED) is 0.734. The van der Waals surface area contributed by atoms with Crippen LogP contribution in [0.4, 0.5) is 4.39 Å². The van der Waals surface area contributed by atoms with Gasteiger partial charge in [-0.2, -0.15) is 0 Å². The first-order valence-electron chi connectivity index (χ1n) is 7.28. The molecule has 0 radical (unpaired) electrons. The van der Waals surface area contributed by atoms with Gasteiger partial charge in [-0.15, -0.1) is 0 Å². The smallest absolute Gasteiger partial charge is 0.345 e. The number of halogens is 1. The van der Waals surface area contributed by atoms with E-state index in [-0.39, 0.29) is 31.0 Å². The Morgan fingerprint density at radius 1 is 1.21 bits per heavy atom. The molecule has 0 unspecified atom stereocenters. The van der Waals surface area contributed by atoms with Gasteiger partial charge in [-0.25, -0.2) is 18.5 Å². The van der Waals surface area contributed by atoms with E-state index in [1.54, 1.807) is 6.92 Å². The third-order valence-corrected chi connectivity index (χ3v) is 3.27. The summed E-state index contributed by atoms with van der Waals surface area (Å²) in [4.78, 5) is 37.1.